The van der Waals surface area contributed by atoms with Crippen molar-refractivity contribution in [1.29, 1.82) is 5.26 Å². The second-order valence-corrected chi connectivity index (χ2v) is 4.21. The van der Waals surface area contributed by atoms with E-state index in [9.17, 15) is 4.79 Å². The van der Waals surface area contributed by atoms with Crippen molar-refractivity contribution in [2.45, 2.75) is 0 Å². The van der Waals surface area contributed by atoms with Crippen molar-refractivity contribution in [3.05, 3.63) is 11.8 Å². The molecule has 1 amide bonds. The van der Waals surface area contributed by atoms with E-state index in [1.807, 2.05) is 13.1 Å². The minimum atomic E-state index is -0.163. The molecule has 0 aromatic rings. The van der Waals surface area contributed by atoms with E-state index in [1.165, 1.54) is 0 Å². The van der Waals surface area contributed by atoms with Gasteiger partial charge in [-0.1, -0.05) is 0 Å². The molecule has 0 spiro atoms. The Morgan fingerprint density at radius 2 is 1.88 bits per heavy atom. The van der Waals surface area contributed by atoms with Gasteiger partial charge in [0.2, 0.25) is 0 Å². The number of rotatable bonds is 2. The van der Waals surface area contributed by atoms with Gasteiger partial charge in [0.15, 0.2) is 0 Å². The number of nitriles is 1. The fraction of sp³-hybridized carbons (Fsp3) is 0.636. The molecule has 0 atom stereocenters. The topological polar surface area (TPSA) is 50.6 Å². The number of hydrogen-bond donors (Lipinski definition) is 0. The average molecular weight is 222 g/mol. The molecule has 0 aliphatic carbocycles. The minimum absolute atomic E-state index is 0.163. The van der Waals surface area contributed by atoms with Crippen LogP contribution in [0.15, 0.2) is 11.8 Å². The van der Waals surface area contributed by atoms with Gasteiger partial charge in [0, 0.05) is 46.5 Å². The first-order valence-corrected chi connectivity index (χ1v) is 5.30. The second kappa shape index (κ2) is 5.52. The highest BCUT2D eigenvalue weighted by Crippen LogP contribution is 2.06. The highest BCUT2D eigenvalue weighted by molar-refractivity contribution is 5.97. The molecule has 0 unspecified atom stereocenters. The number of hydrogen-bond acceptors (Lipinski definition) is 4. The molecule has 0 aromatic heterocycles. The maximum absolute atomic E-state index is 12.0. The minimum Gasteiger partial charge on any atom is -0.382 e. The van der Waals surface area contributed by atoms with Crippen LogP contribution in [0.4, 0.5) is 0 Å². The van der Waals surface area contributed by atoms with E-state index in [0.717, 1.165) is 13.1 Å². The van der Waals surface area contributed by atoms with Crippen molar-refractivity contribution >= 4 is 5.91 Å². The molecular weight excluding hydrogens is 204 g/mol. The molecule has 0 radical (unpaired) electrons. The monoisotopic (exact) mass is 222 g/mol. The molecular formula is C11H18N4O. The smallest absolute Gasteiger partial charge is 0.266 e. The lowest BCUT2D eigenvalue weighted by molar-refractivity contribution is -0.128. The van der Waals surface area contributed by atoms with Crippen molar-refractivity contribution in [2.24, 2.45) is 0 Å². The summed E-state index contributed by atoms with van der Waals surface area (Å²) in [6.45, 7) is 3.13. The van der Waals surface area contributed by atoms with E-state index in [-0.39, 0.29) is 11.5 Å². The lowest BCUT2D eigenvalue weighted by Crippen LogP contribution is -2.47. The standard InChI is InChI=1S/C11H18N4O/c1-13(2)9-10(8-12)11(16)15-6-4-14(3)5-7-15/h9H,4-7H2,1-3H3. The van der Waals surface area contributed by atoms with Crippen LogP contribution in [0, 0.1) is 11.3 Å². The third-order valence-corrected chi connectivity index (χ3v) is 2.53. The van der Waals surface area contributed by atoms with Crippen molar-refractivity contribution < 1.29 is 4.79 Å². The van der Waals surface area contributed by atoms with Crippen LogP contribution in [0.3, 0.4) is 0 Å². The molecule has 5 nitrogen and oxygen atoms in total. The fourth-order valence-corrected chi connectivity index (χ4v) is 1.57. The average Bonchev–Trinajstić information content (AvgIpc) is 2.25. The van der Waals surface area contributed by atoms with Gasteiger partial charge in [0.05, 0.1) is 0 Å². The molecule has 1 rings (SSSR count). The third-order valence-electron chi connectivity index (χ3n) is 2.53. The largest absolute Gasteiger partial charge is 0.382 e. The van der Waals surface area contributed by atoms with Crippen LogP contribution in [0.25, 0.3) is 0 Å². The number of nitrogens with zero attached hydrogens (tertiary/aromatic N) is 4. The summed E-state index contributed by atoms with van der Waals surface area (Å²) >= 11 is 0. The van der Waals surface area contributed by atoms with Crippen LogP contribution in [-0.2, 0) is 4.79 Å². The van der Waals surface area contributed by atoms with Crippen LogP contribution in [0.2, 0.25) is 0 Å². The SMILES string of the molecule is CN(C)C=C(C#N)C(=O)N1CCN(C)CC1. The summed E-state index contributed by atoms with van der Waals surface area (Å²) in [6.07, 6.45) is 1.57. The van der Waals surface area contributed by atoms with Gasteiger partial charge >= 0.3 is 0 Å². The third kappa shape index (κ3) is 3.24. The van der Waals surface area contributed by atoms with E-state index in [1.54, 1.807) is 30.1 Å². The van der Waals surface area contributed by atoms with Crippen LogP contribution in [0.5, 0.6) is 0 Å². The molecule has 0 aromatic carbocycles. The van der Waals surface area contributed by atoms with Crippen LogP contribution < -0.4 is 0 Å². The lowest BCUT2D eigenvalue weighted by atomic mass is 10.2. The predicted molar refractivity (Wildman–Crippen MR) is 61.5 cm³/mol. The Balaban J connectivity index is 2.67. The summed E-state index contributed by atoms with van der Waals surface area (Å²) in [5, 5.41) is 8.93. The molecule has 1 fully saturated rings. The van der Waals surface area contributed by atoms with Crippen molar-refractivity contribution in [3.8, 4) is 6.07 Å². The van der Waals surface area contributed by atoms with Gasteiger partial charge in [-0.25, -0.2) is 0 Å². The molecule has 5 heteroatoms. The van der Waals surface area contributed by atoms with E-state index in [2.05, 4.69) is 4.90 Å². The normalized spacial score (nSPS) is 18.1. The van der Waals surface area contributed by atoms with Crippen LogP contribution in [-0.4, -0.2) is 67.9 Å². The first kappa shape index (κ1) is 12.5. The van der Waals surface area contributed by atoms with E-state index in [0.29, 0.717) is 13.1 Å². The summed E-state index contributed by atoms with van der Waals surface area (Å²) < 4.78 is 0. The number of likely N-dealkylation sites (N-methyl/N-ethyl adjacent to an activating group) is 1. The quantitative estimate of drug-likeness (QED) is 0.477. The molecule has 0 saturated carbocycles. The molecule has 1 heterocycles. The highest BCUT2D eigenvalue weighted by atomic mass is 16.2. The zero-order valence-electron chi connectivity index (χ0n) is 10.1. The van der Waals surface area contributed by atoms with Crippen LogP contribution in [0.1, 0.15) is 0 Å². The van der Waals surface area contributed by atoms with E-state index >= 15 is 0 Å². The first-order chi connectivity index (χ1) is 7.54. The first-order valence-electron chi connectivity index (χ1n) is 5.30. The second-order valence-electron chi connectivity index (χ2n) is 4.21. The summed E-state index contributed by atoms with van der Waals surface area (Å²) in [5.74, 6) is -0.163. The summed E-state index contributed by atoms with van der Waals surface area (Å²) in [5.41, 5.74) is 0.203. The van der Waals surface area contributed by atoms with Crippen molar-refractivity contribution in [3.63, 3.8) is 0 Å². The zero-order valence-corrected chi connectivity index (χ0v) is 10.1. The van der Waals surface area contributed by atoms with Gasteiger partial charge < -0.3 is 14.7 Å². The Morgan fingerprint density at radius 1 is 1.31 bits per heavy atom. The molecule has 1 aliphatic heterocycles. The summed E-state index contributed by atoms with van der Waals surface area (Å²) in [7, 11) is 5.63. The Bertz CT molecular complexity index is 321. The maximum Gasteiger partial charge on any atom is 0.266 e. The number of amides is 1. The number of piperazine rings is 1. The number of carbonyl (C=O) groups is 1. The maximum atomic E-state index is 12.0. The molecule has 0 N–H and O–H groups in total. The molecule has 0 bridgehead atoms. The van der Waals surface area contributed by atoms with Gasteiger partial charge in [-0.05, 0) is 7.05 Å². The van der Waals surface area contributed by atoms with Gasteiger partial charge in [0.1, 0.15) is 11.6 Å². The Kier molecular flexibility index (Phi) is 4.32. The zero-order chi connectivity index (χ0) is 12.1. The van der Waals surface area contributed by atoms with E-state index in [4.69, 9.17) is 5.26 Å². The van der Waals surface area contributed by atoms with Gasteiger partial charge in [-0.2, -0.15) is 5.26 Å². The van der Waals surface area contributed by atoms with Gasteiger partial charge in [-0.3, -0.25) is 4.79 Å². The number of carbonyl (C=O) groups excluding carboxylic acids is 1. The molecule has 16 heavy (non-hydrogen) atoms. The van der Waals surface area contributed by atoms with Gasteiger partial charge in [-0.15, -0.1) is 0 Å². The Labute approximate surface area is 96.5 Å². The van der Waals surface area contributed by atoms with Gasteiger partial charge in [0.25, 0.3) is 5.91 Å². The lowest BCUT2D eigenvalue weighted by Gasteiger charge is -2.32. The van der Waals surface area contributed by atoms with E-state index < -0.39 is 0 Å². The molecule has 88 valence electrons. The summed E-state index contributed by atoms with van der Waals surface area (Å²) in [4.78, 5) is 17.6. The molecule has 1 saturated heterocycles. The van der Waals surface area contributed by atoms with Crippen LogP contribution >= 0.6 is 0 Å². The van der Waals surface area contributed by atoms with Crippen molar-refractivity contribution in [2.75, 3.05) is 47.3 Å². The fourth-order valence-electron chi connectivity index (χ4n) is 1.57. The van der Waals surface area contributed by atoms with Crippen molar-refractivity contribution in [1.82, 2.24) is 14.7 Å². The predicted octanol–water partition coefficient (Wildman–Crippen LogP) is -0.271. The Morgan fingerprint density at radius 3 is 2.31 bits per heavy atom. The molecule has 1 aliphatic rings. The summed E-state index contributed by atoms with van der Waals surface area (Å²) in [6, 6.07) is 1.96. The Hall–Kier alpha value is -1.54. The highest BCUT2D eigenvalue weighted by Gasteiger charge is 2.22.